The minimum Gasteiger partial charge on any atom is -0.369 e. The van der Waals surface area contributed by atoms with Gasteiger partial charge in [-0.25, -0.2) is 9.97 Å². The first-order valence-electron chi connectivity index (χ1n) is 7.19. The predicted molar refractivity (Wildman–Crippen MR) is 73.0 cm³/mol. The molecule has 1 fully saturated rings. The molecule has 2 aliphatic rings. The van der Waals surface area contributed by atoms with Crippen molar-refractivity contribution in [3.63, 3.8) is 0 Å². The van der Waals surface area contributed by atoms with Crippen LogP contribution in [0.15, 0.2) is 6.33 Å². The van der Waals surface area contributed by atoms with Gasteiger partial charge in [-0.1, -0.05) is 0 Å². The molecule has 19 heavy (non-hydrogen) atoms. The molecule has 1 aliphatic carbocycles. The van der Waals surface area contributed by atoms with Gasteiger partial charge in [0, 0.05) is 37.3 Å². The molecule has 0 atom stereocenters. The molecule has 0 bridgehead atoms. The van der Waals surface area contributed by atoms with Gasteiger partial charge in [-0.05, 0) is 32.1 Å². The van der Waals surface area contributed by atoms with Crippen molar-refractivity contribution in [3.05, 3.63) is 17.6 Å². The van der Waals surface area contributed by atoms with E-state index in [0.29, 0.717) is 13.0 Å². The maximum absolute atomic E-state index is 11.9. The summed E-state index contributed by atoms with van der Waals surface area (Å²) in [5.41, 5.74) is 2.42. The highest BCUT2D eigenvalue weighted by Crippen LogP contribution is 2.24. The van der Waals surface area contributed by atoms with Crippen molar-refractivity contribution in [2.24, 2.45) is 0 Å². The van der Waals surface area contributed by atoms with Crippen LogP contribution in [-0.2, 0) is 17.6 Å². The number of aromatic nitrogens is 2. The van der Waals surface area contributed by atoms with E-state index in [2.05, 4.69) is 15.3 Å². The van der Waals surface area contributed by atoms with Gasteiger partial charge in [0.15, 0.2) is 0 Å². The molecule has 0 unspecified atom stereocenters. The Hall–Kier alpha value is -1.65. The predicted octanol–water partition coefficient (Wildman–Crippen LogP) is 1.39. The summed E-state index contributed by atoms with van der Waals surface area (Å²) in [6.45, 7) is 2.53. The maximum Gasteiger partial charge on any atom is 0.224 e. The van der Waals surface area contributed by atoms with Crippen molar-refractivity contribution in [2.45, 2.75) is 38.5 Å². The number of hydrogen-bond acceptors (Lipinski definition) is 4. The second-order valence-electron chi connectivity index (χ2n) is 5.27. The third-order valence-electron chi connectivity index (χ3n) is 3.97. The lowest BCUT2D eigenvalue weighted by Crippen LogP contribution is -2.29. The average molecular weight is 260 g/mol. The summed E-state index contributed by atoms with van der Waals surface area (Å²) in [6, 6.07) is 0. The summed E-state index contributed by atoms with van der Waals surface area (Å²) >= 11 is 0. The maximum atomic E-state index is 11.9. The number of carbonyl (C=O) groups excluding carboxylic acids is 1. The SMILES string of the molecule is O=C(CCNc1ncnc2c1CCC2)N1CCCC1. The van der Waals surface area contributed by atoms with Crippen molar-refractivity contribution in [3.8, 4) is 0 Å². The van der Waals surface area contributed by atoms with E-state index in [1.807, 2.05) is 4.90 Å². The van der Waals surface area contributed by atoms with E-state index in [0.717, 1.165) is 51.0 Å². The Morgan fingerprint density at radius 2 is 2.05 bits per heavy atom. The lowest BCUT2D eigenvalue weighted by atomic mass is 10.2. The molecule has 1 saturated heterocycles. The fourth-order valence-corrected chi connectivity index (χ4v) is 2.92. The van der Waals surface area contributed by atoms with Gasteiger partial charge < -0.3 is 10.2 Å². The van der Waals surface area contributed by atoms with Crippen LogP contribution in [0.5, 0.6) is 0 Å². The third kappa shape index (κ3) is 2.69. The van der Waals surface area contributed by atoms with Crippen molar-refractivity contribution < 1.29 is 4.79 Å². The number of amides is 1. The van der Waals surface area contributed by atoms with Gasteiger partial charge in [-0.2, -0.15) is 0 Å². The van der Waals surface area contributed by atoms with Gasteiger partial charge in [0.2, 0.25) is 5.91 Å². The first kappa shape index (κ1) is 12.4. The number of anilines is 1. The molecule has 1 aromatic rings. The van der Waals surface area contributed by atoms with Crippen LogP contribution < -0.4 is 5.32 Å². The minimum atomic E-state index is 0.260. The summed E-state index contributed by atoms with van der Waals surface area (Å²) < 4.78 is 0. The smallest absolute Gasteiger partial charge is 0.224 e. The molecule has 5 heteroatoms. The quantitative estimate of drug-likeness (QED) is 0.889. The van der Waals surface area contributed by atoms with Gasteiger partial charge in [0.25, 0.3) is 0 Å². The summed E-state index contributed by atoms with van der Waals surface area (Å²) in [4.78, 5) is 22.5. The van der Waals surface area contributed by atoms with E-state index in [-0.39, 0.29) is 5.91 Å². The first-order chi connectivity index (χ1) is 9.34. The molecule has 5 nitrogen and oxygen atoms in total. The van der Waals surface area contributed by atoms with Gasteiger partial charge in [0.1, 0.15) is 12.1 Å². The van der Waals surface area contributed by atoms with Gasteiger partial charge >= 0.3 is 0 Å². The number of hydrogen-bond donors (Lipinski definition) is 1. The summed E-state index contributed by atoms with van der Waals surface area (Å²) in [6.07, 6.45) is 7.75. The highest BCUT2D eigenvalue weighted by molar-refractivity contribution is 5.77. The monoisotopic (exact) mass is 260 g/mol. The van der Waals surface area contributed by atoms with Crippen LogP contribution in [-0.4, -0.2) is 40.4 Å². The average Bonchev–Trinajstić information content (AvgIpc) is 3.10. The molecule has 0 saturated carbocycles. The van der Waals surface area contributed by atoms with E-state index in [1.165, 1.54) is 11.3 Å². The molecule has 2 heterocycles. The zero-order valence-electron chi connectivity index (χ0n) is 11.2. The number of fused-ring (bicyclic) bond motifs is 1. The zero-order chi connectivity index (χ0) is 13.1. The molecular formula is C14H20N4O. The Morgan fingerprint density at radius 3 is 2.89 bits per heavy atom. The minimum absolute atomic E-state index is 0.260. The zero-order valence-corrected chi connectivity index (χ0v) is 11.2. The van der Waals surface area contributed by atoms with E-state index >= 15 is 0 Å². The molecule has 1 N–H and O–H groups in total. The van der Waals surface area contributed by atoms with Crippen LogP contribution in [0.25, 0.3) is 0 Å². The summed E-state index contributed by atoms with van der Waals surface area (Å²) in [5.74, 6) is 1.19. The highest BCUT2D eigenvalue weighted by Gasteiger charge is 2.19. The van der Waals surface area contributed by atoms with Crippen LogP contribution in [0.4, 0.5) is 5.82 Å². The van der Waals surface area contributed by atoms with Crippen molar-refractivity contribution in [1.82, 2.24) is 14.9 Å². The van der Waals surface area contributed by atoms with E-state index in [1.54, 1.807) is 6.33 Å². The van der Waals surface area contributed by atoms with Crippen LogP contribution in [0.3, 0.4) is 0 Å². The topological polar surface area (TPSA) is 58.1 Å². The Morgan fingerprint density at radius 1 is 1.21 bits per heavy atom. The Labute approximate surface area is 113 Å². The van der Waals surface area contributed by atoms with Crippen LogP contribution in [0.1, 0.15) is 36.9 Å². The Kier molecular flexibility index (Phi) is 3.62. The second-order valence-corrected chi connectivity index (χ2v) is 5.27. The van der Waals surface area contributed by atoms with Gasteiger partial charge in [-0.15, -0.1) is 0 Å². The van der Waals surface area contributed by atoms with Crippen molar-refractivity contribution in [2.75, 3.05) is 25.0 Å². The van der Waals surface area contributed by atoms with E-state index in [9.17, 15) is 4.79 Å². The van der Waals surface area contributed by atoms with Crippen molar-refractivity contribution in [1.29, 1.82) is 0 Å². The van der Waals surface area contributed by atoms with Gasteiger partial charge in [0.05, 0.1) is 0 Å². The fraction of sp³-hybridized carbons (Fsp3) is 0.643. The largest absolute Gasteiger partial charge is 0.369 e. The van der Waals surface area contributed by atoms with Crippen molar-refractivity contribution >= 4 is 11.7 Å². The molecule has 1 aliphatic heterocycles. The lowest BCUT2D eigenvalue weighted by molar-refractivity contribution is -0.129. The number of aryl methyl sites for hydroxylation is 1. The molecule has 1 amide bonds. The van der Waals surface area contributed by atoms with Gasteiger partial charge in [-0.3, -0.25) is 4.79 Å². The Balaban J connectivity index is 1.52. The first-order valence-corrected chi connectivity index (χ1v) is 7.19. The standard InChI is InChI=1S/C14H20N4O/c19-13(18-8-1-2-9-18)6-7-15-14-11-4-3-5-12(11)16-10-17-14/h10H,1-9H2,(H,15,16,17). The van der Waals surface area contributed by atoms with Crippen LogP contribution >= 0.6 is 0 Å². The third-order valence-corrected chi connectivity index (χ3v) is 3.97. The summed E-state index contributed by atoms with van der Waals surface area (Å²) in [5, 5.41) is 3.30. The molecule has 0 spiro atoms. The molecule has 1 aromatic heterocycles. The van der Waals surface area contributed by atoms with Crippen LogP contribution in [0, 0.1) is 0 Å². The molecular weight excluding hydrogens is 240 g/mol. The molecule has 0 aromatic carbocycles. The normalized spacial score (nSPS) is 17.6. The van der Waals surface area contributed by atoms with E-state index in [4.69, 9.17) is 0 Å². The van der Waals surface area contributed by atoms with Crippen LogP contribution in [0.2, 0.25) is 0 Å². The number of nitrogens with zero attached hydrogens (tertiary/aromatic N) is 3. The highest BCUT2D eigenvalue weighted by atomic mass is 16.2. The lowest BCUT2D eigenvalue weighted by Gasteiger charge is -2.15. The second kappa shape index (κ2) is 5.55. The fourth-order valence-electron chi connectivity index (χ4n) is 2.92. The molecule has 102 valence electrons. The Bertz CT molecular complexity index is 469. The number of likely N-dealkylation sites (tertiary alicyclic amines) is 1. The summed E-state index contributed by atoms with van der Waals surface area (Å²) in [7, 11) is 0. The van der Waals surface area contributed by atoms with E-state index < -0.39 is 0 Å². The molecule has 3 rings (SSSR count). The number of nitrogens with one attached hydrogen (secondary N) is 1. The number of rotatable bonds is 4. The molecule has 0 radical (unpaired) electrons. The number of carbonyl (C=O) groups is 1.